The number of hydrogen-bond acceptors (Lipinski definition) is 3. The van der Waals surface area contributed by atoms with Crippen molar-refractivity contribution in [3.8, 4) is 11.1 Å². The van der Waals surface area contributed by atoms with Gasteiger partial charge in [0.2, 0.25) is 0 Å². The SMILES string of the molecule is Cc1ccc(S(=O)(=O)/N=C/c2ccccc2)cc1-c1cccc(C=O)c1. The summed E-state index contributed by atoms with van der Waals surface area (Å²) in [7, 11) is -3.82. The average Bonchev–Trinajstić information content (AvgIpc) is 2.67. The normalized spacial score (nSPS) is 11.6. The molecule has 26 heavy (non-hydrogen) atoms. The molecule has 0 atom stereocenters. The lowest BCUT2D eigenvalue weighted by Crippen LogP contribution is -1.99. The van der Waals surface area contributed by atoms with Gasteiger partial charge in [-0.2, -0.15) is 12.8 Å². The lowest BCUT2D eigenvalue weighted by atomic mass is 9.99. The number of benzene rings is 3. The highest BCUT2D eigenvalue weighted by Crippen LogP contribution is 2.27. The molecule has 0 spiro atoms. The third-order valence-corrected chi connectivity index (χ3v) is 5.21. The van der Waals surface area contributed by atoms with Crippen molar-refractivity contribution in [3.63, 3.8) is 0 Å². The first kappa shape index (κ1) is 17.8. The number of rotatable bonds is 5. The van der Waals surface area contributed by atoms with Crippen LogP contribution in [0.25, 0.3) is 11.1 Å². The smallest absolute Gasteiger partial charge is 0.282 e. The zero-order valence-corrected chi connectivity index (χ0v) is 15.0. The molecule has 3 aromatic carbocycles. The van der Waals surface area contributed by atoms with Gasteiger partial charge in [-0.1, -0.05) is 54.6 Å². The van der Waals surface area contributed by atoms with E-state index in [0.29, 0.717) is 11.1 Å². The summed E-state index contributed by atoms with van der Waals surface area (Å²) in [5, 5.41) is 0. The fourth-order valence-corrected chi connectivity index (χ4v) is 3.47. The van der Waals surface area contributed by atoms with Crippen molar-refractivity contribution in [3.05, 3.63) is 89.5 Å². The van der Waals surface area contributed by atoms with Crippen LogP contribution in [0.2, 0.25) is 0 Å². The van der Waals surface area contributed by atoms with Gasteiger partial charge < -0.3 is 0 Å². The summed E-state index contributed by atoms with van der Waals surface area (Å²) in [6.07, 6.45) is 2.10. The van der Waals surface area contributed by atoms with E-state index >= 15 is 0 Å². The van der Waals surface area contributed by atoms with E-state index in [1.807, 2.05) is 31.2 Å². The maximum Gasteiger partial charge on any atom is 0.282 e. The van der Waals surface area contributed by atoms with Gasteiger partial charge in [0.25, 0.3) is 10.0 Å². The summed E-state index contributed by atoms with van der Waals surface area (Å²) in [4.78, 5) is 11.1. The number of carbonyl (C=O) groups excluding carboxylic acids is 1. The van der Waals surface area contributed by atoms with Crippen LogP contribution in [0.15, 0.2) is 82.1 Å². The second-order valence-corrected chi connectivity index (χ2v) is 7.47. The molecule has 0 saturated heterocycles. The lowest BCUT2D eigenvalue weighted by molar-refractivity contribution is 0.112. The van der Waals surface area contributed by atoms with Gasteiger partial charge in [0.05, 0.1) is 4.90 Å². The first-order chi connectivity index (χ1) is 12.5. The summed E-state index contributed by atoms with van der Waals surface area (Å²) < 4.78 is 28.9. The Kier molecular flexibility index (Phi) is 5.09. The minimum Gasteiger partial charge on any atom is -0.298 e. The minimum absolute atomic E-state index is 0.113. The lowest BCUT2D eigenvalue weighted by Gasteiger charge is -2.09. The quantitative estimate of drug-likeness (QED) is 0.502. The summed E-state index contributed by atoms with van der Waals surface area (Å²) in [5.41, 5.74) is 3.71. The van der Waals surface area contributed by atoms with E-state index in [9.17, 15) is 13.2 Å². The number of aldehydes is 1. The molecular formula is C21H17NO3S. The van der Waals surface area contributed by atoms with Crippen LogP contribution in [-0.4, -0.2) is 20.9 Å². The molecule has 0 saturated carbocycles. The largest absolute Gasteiger partial charge is 0.298 e. The van der Waals surface area contributed by atoms with Gasteiger partial charge in [0, 0.05) is 11.8 Å². The Morgan fingerprint density at radius 2 is 1.58 bits per heavy atom. The summed E-state index contributed by atoms with van der Waals surface area (Å²) >= 11 is 0. The predicted octanol–water partition coefficient (Wildman–Crippen LogP) is 4.28. The monoisotopic (exact) mass is 363 g/mol. The standard InChI is InChI=1S/C21H17NO3S/c1-16-10-11-20(13-21(16)19-9-5-8-18(12-19)15-23)26(24,25)22-14-17-6-3-2-4-7-17/h2-15H,1H3/b22-14+. The average molecular weight is 363 g/mol. The summed E-state index contributed by atoms with van der Waals surface area (Å²) in [6.45, 7) is 1.90. The van der Waals surface area contributed by atoms with Gasteiger partial charge in [0.1, 0.15) is 6.29 Å². The molecule has 5 heteroatoms. The second kappa shape index (κ2) is 7.45. The van der Waals surface area contributed by atoms with Crippen LogP contribution in [0.3, 0.4) is 0 Å². The molecule has 0 radical (unpaired) electrons. The van der Waals surface area contributed by atoms with Crippen LogP contribution in [0, 0.1) is 6.92 Å². The van der Waals surface area contributed by atoms with E-state index in [-0.39, 0.29) is 4.90 Å². The molecule has 0 aromatic heterocycles. The van der Waals surface area contributed by atoms with Gasteiger partial charge in [0.15, 0.2) is 0 Å². The molecule has 0 unspecified atom stereocenters. The molecule has 3 aromatic rings. The van der Waals surface area contributed by atoms with E-state index in [2.05, 4.69) is 4.40 Å². The van der Waals surface area contributed by atoms with E-state index in [1.54, 1.807) is 48.5 Å². The van der Waals surface area contributed by atoms with Crippen molar-refractivity contribution >= 4 is 22.5 Å². The van der Waals surface area contributed by atoms with Crippen molar-refractivity contribution in [2.75, 3.05) is 0 Å². The highest BCUT2D eigenvalue weighted by atomic mass is 32.2. The maximum absolute atomic E-state index is 12.6. The second-order valence-electron chi connectivity index (χ2n) is 5.84. The van der Waals surface area contributed by atoms with Crippen LogP contribution in [0.1, 0.15) is 21.5 Å². The Bertz CT molecular complexity index is 1070. The van der Waals surface area contributed by atoms with Gasteiger partial charge in [-0.3, -0.25) is 4.79 Å². The van der Waals surface area contributed by atoms with Crippen molar-refractivity contribution in [2.24, 2.45) is 4.40 Å². The molecule has 4 nitrogen and oxygen atoms in total. The van der Waals surface area contributed by atoms with E-state index < -0.39 is 10.0 Å². The number of carbonyl (C=O) groups is 1. The Morgan fingerprint density at radius 3 is 2.31 bits per heavy atom. The van der Waals surface area contributed by atoms with Crippen LogP contribution in [0.5, 0.6) is 0 Å². The Labute approximate surface area is 152 Å². The van der Waals surface area contributed by atoms with Crippen LogP contribution >= 0.6 is 0 Å². The Balaban J connectivity index is 2.01. The first-order valence-corrected chi connectivity index (χ1v) is 9.45. The highest BCUT2D eigenvalue weighted by molar-refractivity contribution is 7.90. The highest BCUT2D eigenvalue weighted by Gasteiger charge is 2.14. The fraction of sp³-hybridized carbons (Fsp3) is 0.0476. The molecule has 0 heterocycles. The van der Waals surface area contributed by atoms with Crippen LogP contribution in [-0.2, 0) is 10.0 Å². The van der Waals surface area contributed by atoms with Crippen molar-refractivity contribution < 1.29 is 13.2 Å². The maximum atomic E-state index is 12.6. The molecule has 3 rings (SSSR count). The third kappa shape index (κ3) is 3.95. The molecule has 0 aliphatic rings. The Hall–Kier alpha value is -3.05. The summed E-state index contributed by atoms with van der Waals surface area (Å²) in [6, 6.07) is 21.0. The minimum atomic E-state index is -3.82. The molecular weight excluding hydrogens is 346 g/mol. The molecule has 0 bridgehead atoms. The molecule has 130 valence electrons. The zero-order valence-electron chi connectivity index (χ0n) is 14.2. The van der Waals surface area contributed by atoms with Crippen molar-refractivity contribution in [2.45, 2.75) is 11.8 Å². The number of aryl methyl sites for hydroxylation is 1. The number of nitrogens with zero attached hydrogens (tertiary/aromatic N) is 1. The fourth-order valence-electron chi connectivity index (χ4n) is 2.58. The molecule has 0 aliphatic carbocycles. The topological polar surface area (TPSA) is 63.6 Å². The van der Waals surface area contributed by atoms with Gasteiger partial charge in [-0.05, 0) is 47.4 Å². The summed E-state index contributed by atoms with van der Waals surface area (Å²) in [5.74, 6) is 0. The molecule has 0 fully saturated rings. The Morgan fingerprint density at radius 1 is 0.846 bits per heavy atom. The van der Waals surface area contributed by atoms with Gasteiger partial charge in [-0.15, -0.1) is 0 Å². The predicted molar refractivity (Wildman–Crippen MR) is 103 cm³/mol. The molecule has 0 N–H and O–H groups in total. The van der Waals surface area contributed by atoms with Crippen LogP contribution < -0.4 is 0 Å². The van der Waals surface area contributed by atoms with Gasteiger partial charge >= 0.3 is 0 Å². The third-order valence-electron chi connectivity index (χ3n) is 3.98. The number of sulfonamides is 1. The van der Waals surface area contributed by atoms with Crippen molar-refractivity contribution in [1.82, 2.24) is 0 Å². The first-order valence-electron chi connectivity index (χ1n) is 8.01. The van der Waals surface area contributed by atoms with Crippen molar-refractivity contribution in [1.29, 1.82) is 0 Å². The molecule has 0 amide bonds. The zero-order chi connectivity index (χ0) is 18.6. The molecule has 0 aliphatic heterocycles. The van der Waals surface area contributed by atoms with E-state index in [0.717, 1.165) is 23.0 Å². The van der Waals surface area contributed by atoms with E-state index in [1.165, 1.54) is 6.21 Å². The van der Waals surface area contributed by atoms with Gasteiger partial charge in [-0.25, -0.2) is 0 Å². The number of hydrogen-bond donors (Lipinski definition) is 0. The van der Waals surface area contributed by atoms with E-state index in [4.69, 9.17) is 0 Å². The van der Waals surface area contributed by atoms with Crippen LogP contribution in [0.4, 0.5) is 0 Å².